The highest BCUT2D eigenvalue weighted by Gasteiger charge is 2.33. The second-order valence-corrected chi connectivity index (χ2v) is 9.63. The van der Waals surface area contributed by atoms with Crippen LogP contribution in [0.25, 0.3) is 11.3 Å². The van der Waals surface area contributed by atoms with Crippen molar-refractivity contribution >= 4 is 17.4 Å². The van der Waals surface area contributed by atoms with Crippen LogP contribution in [0.3, 0.4) is 0 Å². The van der Waals surface area contributed by atoms with E-state index in [0.29, 0.717) is 25.2 Å². The minimum absolute atomic E-state index is 0.0730. The maximum atomic E-state index is 14.1. The molecule has 40 heavy (non-hydrogen) atoms. The number of halogens is 3. The minimum Gasteiger partial charge on any atom is -0.390 e. The molecular formula is C31H27F3N4O2. The van der Waals surface area contributed by atoms with E-state index in [1.54, 1.807) is 12.1 Å². The highest BCUT2D eigenvalue weighted by molar-refractivity contribution is 5.95. The molecule has 1 heterocycles. The zero-order valence-electron chi connectivity index (χ0n) is 21.7. The highest BCUT2D eigenvalue weighted by Crippen LogP contribution is 2.34. The zero-order valence-corrected chi connectivity index (χ0v) is 21.7. The molecule has 0 aliphatic heterocycles. The molecule has 204 valence electrons. The van der Waals surface area contributed by atoms with Crippen LogP contribution in [0.2, 0.25) is 0 Å². The van der Waals surface area contributed by atoms with Gasteiger partial charge in [0, 0.05) is 24.8 Å². The number of carbonyl (C=O) groups is 1. The number of fused-ring (bicyclic) bond motifs is 1. The molecule has 1 aliphatic carbocycles. The molecule has 0 unspecified atom stereocenters. The maximum absolute atomic E-state index is 14.1. The van der Waals surface area contributed by atoms with Gasteiger partial charge in [0.1, 0.15) is 17.5 Å². The predicted molar refractivity (Wildman–Crippen MR) is 148 cm³/mol. The van der Waals surface area contributed by atoms with Crippen molar-refractivity contribution in [1.29, 1.82) is 0 Å². The normalized spacial score (nSPS) is 16.5. The van der Waals surface area contributed by atoms with Crippen LogP contribution in [-0.2, 0) is 12.8 Å². The summed E-state index contributed by atoms with van der Waals surface area (Å²) in [6.07, 6.45) is 1.49. The summed E-state index contributed by atoms with van der Waals surface area (Å²) in [4.78, 5) is 21.6. The van der Waals surface area contributed by atoms with E-state index >= 15 is 0 Å². The molecular weight excluding hydrogens is 517 g/mol. The number of rotatable bonds is 7. The number of hydrogen-bond acceptors (Lipinski definition) is 4. The lowest BCUT2D eigenvalue weighted by atomic mass is 10.1. The minimum atomic E-state index is -0.820. The van der Waals surface area contributed by atoms with Crippen LogP contribution in [0, 0.1) is 17.5 Å². The molecule has 9 heteroatoms. The van der Waals surface area contributed by atoms with E-state index in [4.69, 9.17) is 0 Å². The second kappa shape index (κ2) is 11.7. The van der Waals surface area contributed by atoms with Gasteiger partial charge in [0.05, 0.1) is 34.8 Å². The van der Waals surface area contributed by atoms with E-state index in [2.05, 4.69) is 20.6 Å². The summed E-state index contributed by atoms with van der Waals surface area (Å²) in [5, 5.41) is 16.8. The van der Waals surface area contributed by atoms with Crippen molar-refractivity contribution in [2.75, 3.05) is 11.9 Å². The Morgan fingerprint density at radius 1 is 1.02 bits per heavy atom. The number of nitrogens with one attached hydrogen (secondary N) is 2. The monoisotopic (exact) mass is 544 g/mol. The van der Waals surface area contributed by atoms with Gasteiger partial charge in [-0.1, -0.05) is 24.3 Å². The molecule has 0 saturated carbocycles. The van der Waals surface area contributed by atoms with Crippen LogP contribution in [0.1, 0.15) is 40.0 Å². The van der Waals surface area contributed by atoms with Crippen molar-refractivity contribution < 1.29 is 23.1 Å². The third-order valence-corrected chi connectivity index (χ3v) is 6.81. The van der Waals surface area contributed by atoms with Gasteiger partial charge in [-0.05, 0) is 78.6 Å². The van der Waals surface area contributed by atoms with E-state index in [1.807, 2.05) is 25.1 Å². The first kappa shape index (κ1) is 27.1. The molecule has 0 fully saturated rings. The van der Waals surface area contributed by atoms with Crippen LogP contribution in [-0.4, -0.2) is 34.5 Å². The van der Waals surface area contributed by atoms with Crippen molar-refractivity contribution in [3.63, 3.8) is 0 Å². The van der Waals surface area contributed by atoms with Crippen molar-refractivity contribution in [2.24, 2.45) is 4.99 Å². The summed E-state index contributed by atoms with van der Waals surface area (Å²) in [7, 11) is 0. The summed E-state index contributed by atoms with van der Waals surface area (Å²) in [6.45, 7) is 2.37. The fourth-order valence-electron chi connectivity index (χ4n) is 4.77. The van der Waals surface area contributed by atoms with Crippen molar-refractivity contribution in [2.45, 2.75) is 31.9 Å². The molecule has 1 aromatic heterocycles. The molecule has 4 aromatic rings. The third-order valence-electron chi connectivity index (χ3n) is 6.81. The molecule has 0 saturated heterocycles. The molecule has 1 amide bonds. The van der Waals surface area contributed by atoms with E-state index < -0.39 is 29.7 Å². The Morgan fingerprint density at radius 2 is 1.77 bits per heavy atom. The van der Waals surface area contributed by atoms with Crippen LogP contribution >= 0.6 is 0 Å². The number of benzene rings is 3. The van der Waals surface area contributed by atoms with Gasteiger partial charge in [-0.3, -0.25) is 14.8 Å². The second-order valence-electron chi connectivity index (χ2n) is 9.63. The average Bonchev–Trinajstić information content (AvgIpc) is 3.24. The van der Waals surface area contributed by atoms with E-state index in [1.165, 1.54) is 36.5 Å². The van der Waals surface area contributed by atoms with Gasteiger partial charge in [0.15, 0.2) is 0 Å². The maximum Gasteiger partial charge on any atom is 0.253 e. The topological polar surface area (TPSA) is 86.6 Å². The lowest BCUT2D eigenvalue weighted by molar-refractivity contribution is 0.0858. The Balaban J connectivity index is 1.25. The lowest BCUT2D eigenvalue weighted by Crippen LogP contribution is -2.34. The number of amides is 1. The van der Waals surface area contributed by atoms with Crippen LogP contribution < -0.4 is 10.6 Å². The molecule has 6 nitrogen and oxygen atoms in total. The average molecular weight is 545 g/mol. The highest BCUT2D eigenvalue weighted by atomic mass is 19.1. The first-order valence-corrected chi connectivity index (χ1v) is 12.8. The zero-order chi connectivity index (χ0) is 28.2. The fraction of sp³-hybridized carbons (Fsp3) is 0.194. The number of aliphatic hydroxyl groups is 1. The number of amidine groups is 1. The quantitative estimate of drug-likeness (QED) is 0.208. The Bertz CT molecular complexity index is 1540. The molecule has 3 N–H and O–H groups in total. The summed E-state index contributed by atoms with van der Waals surface area (Å²) < 4.78 is 41.3. The molecule has 0 radical (unpaired) electrons. The molecule has 0 spiro atoms. The predicted octanol–water partition coefficient (Wildman–Crippen LogP) is 5.63. The van der Waals surface area contributed by atoms with Gasteiger partial charge < -0.3 is 15.7 Å². The molecule has 5 rings (SSSR count). The van der Waals surface area contributed by atoms with Gasteiger partial charge in [0.25, 0.3) is 5.91 Å². The molecule has 3 aromatic carbocycles. The van der Waals surface area contributed by atoms with E-state index in [0.717, 1.165) is 34.5 Å². The molecule has 0 bridgehead atoms. The van der Waals surface area contributed by atoms with Gasteiger partial charge >= 0.3 is 0 Å². The first-order chi connectivity index (χ1) is 19.3. The van der Waals surface area contributed by atoms with E-state index in [9.17, 15) is 23.1 Å². The van der Waals surface area contributed by atoms with Crippen molar-refractivity contribution in [1.82, 2.24) is 10.3 Å². The fourth-order valence-corrected chi connectivity index (χ4v) is 4.77. The SMILES string of the molecule is CC(=NCCc1ccc(F)cc1)Nc1ccc2c(c1)[C@@H](NC(=O)c1ccc(-c3c(F)cccc3F)nc1)[C@H](O)C2. The summed E-state index contributed by atoms with van der Waals surface area (Å²) in [6, 6.07) is 17.7. The standard InChI is InChI=1S/C31H27F3N4O2/c1-18(35-14-13-19-5-9-22(32)10-6-19)37-23-11-7-20-15-28(39)30(24(20)16-23)38-31(40)21-8-12-27(36-17-21)29-25(33)3-2-4-26(29)34/h2-12,16-17,28,30,39H,13-15H2,1H3,(H,35,37)(H,38,40)/t28-,30-/m1/s1. The number of aliphatic imine (C=N–C) groups is 1. The van der Waals surface area contributed by atoms with Crippen molar-refractivity contribution in [3.05, 3.63) is 119 Å². The molecule has 1 aliphatic rings. The number of nitrogens with zero attached hydrogens (tertiary/aromatic N) is 2. The number of carbonyl (C=O) groups excluding carboxylic acids is 1. The number of anilines is 1. The summed E-state index contributed by atoms with van der Waals surface area (Å²) in [5.74, 6) is -1.53. The van der Waals surface area contributed by atoms with Gasteiger partial charge in [0.2, 0.25) is 0 Å². The van der Waals surface area contributed by atoms with Crippen LogP contribution in [0.5, 0.6) is 0 Å². The number of aliphatic hydroxyl groups excluding tert-OH is 1. The Hall–Kier alpha value is -4.50. The smallest absolute Gasteiger partial charge is 0.253 e. The van der Waals surface area contributed by atoms with Gasteiger partial charge in [-0.2, -0.15) is 0 Å². The van der Waals surface area contributed by atoms with E-state index in [-0.39, 0.29) is 22.6 Å². The van der Waals surface area contributed by atoms with Gasteiger partial charge in [-0.15, -0.1) is 0 Å². The number of aromatic nitrogens is 1. The Labute approximate surface area is 229 Å². The first-order valence-electron chi connectivity index (χ1n) is 12.8. The number of pyridine rings is 1. The molecule has 2 atom stereocenters. The Morgan fingerprint density at radius 3 is 2.48 bits per heavy atom. The van der Waals surface area contributed by atoms with Crippen molar-refractivity contribution in [3.8, 4) is 11.3 Å². The van der Waals surface area contributed by atoms with Crippen LogP contribution in [0.15, 0.2) is 84.0 Å². The Kier molecular flexibility index (Phi) is 7.93. The number of hydrogen-bond donors (Lipinski definition) is 3. The summed E-state index contributed by atoms with van der Waals surface area (Å²) in [5.41, 5.74) is 3.45. The van der Waals surface area contributed by atoms with Crippen LogP contribution in [0.4, 0.5) is 18.9 Å². The lowest BCUT2D eigenvalue weighted by Gasteiger charge is -2.19. The largest absolute Gasteiger partial charge is 0.390 e. The summed E-state index contributed by atoms with van der Waals surface area (Å²) >= 11 is 0. The van der Waals surface area contributed by atoms with Gasteiger partial charge in [-0.25, -0.2) is 13.2 Å². The third kappa shape index (κ3) is 6.05.